The van der Waals surface area contributed by atoms with Crippen LogP contribution in [0.2, 0.25) is 0 Å². The molecule has 108 valence electrons. The van der Waals surface area contributed by atoms with E-state index in [1.807, 2.05) is 4.90 Å². The van der Waals surface area contributed by atoms with Crippen LogP contribution in [0.5, 0.6) is 0 Å². The third-order valence-electron chi connectivity index (χ3n) is 4.52. The predicted octanol–water partition coefficient (Wildman–Crippen LogP) is 2.92. The molecule has 1 saturated heterocycles. The van der Waals surface area contributed by atoms with Crippen molar-refractivity contribution in [3.05, 3.63) is 34.9 Å². The molecule has 0 spiro atoms. The van der Waals surface area contributed by atoms with Gasteiger partial charge in [0.25, 0.3) is 0 Å². The number of amides is 1. The zero-order valence-electron chi connectivity index (χ0n) is 12.5. The number of hydrogen-bond donors (Lipinski definition) is 1. The van der Waals surface area contributed by atoms with E-state index in [1.54, 1.807) is 0 Å². The van der Waals surface area contributed by atoms with Crippen molar-refractivity contribution in [3.8, 4) is 0 Å². The molecule has 1 heterocycles. The number of aryl methyl sites for hydroxylation is 2. The van der Waals surface area contributed by atoms with Gasteiger partial charge >= 0.3 is 0 Å². The largest absolute Gasteiger partial charge is 0.322 e. The van der Waals surface area contributed by atoms with Crippen LogP contribution in [0.3, 0.4) is 0 Å². The molecule has 1 amide bonds. The molecule has 1 saturated carbocycles. The van der Waals surface area contributed by atoms with E-state index >= 15 is 0 Å². The highest BCUT2D eigenvalue weighted by molar-refractivity contribution is 5.81. The molecule has 2 aliphatic rings. The Morgan fingerprint density at radius 3 is 2.85 bits per heavy atom. The Kier molecular flexibility index (Phi) is 3.79. The third-order valence-corrected chi connectivity index (χ3v) is 4.52. The molecule has 3 rings (SSSR count). The highest BCUT2D eigenvalue weighted by Gasteiger charge is 2.32. The summed E-state index contributed by atoms with van der Waals surface area (Å²) < 4.78 is 0. The average Bonchev–Trinajstić information content (AvgIpc) is 3.17. The van der Waals surface area contributed by atoms with Gasteiger partial charge in [-0.05, 0) is 43.7 Å². The number of carbonyl (C=O) groups is 1. The molecule has 1 aliphatic carbocycles. The minimum absolute atomic E-state index is 0.0709. The monoisotopic (exact) mass is 272 g/mol. The standard InChI is InChI=1S/C17H24N2O/c1-12-5-6-13(2)15(10-12)17-18-11-16(20)19(17)9-3-4-14-7-8-14/h5-6,10,14,17-18H,3-4,7-9,11H2,1-2H3. The van der Waals surface area contributed by atoms with Crippen LogP contribution in [0, 0.1) is 19.8 Å². The first kappa shape index (κ1) is 13.6. The number of benzene rings is 1. The second-order valence-corrected chi connectivity index (χ2v) is 6.32. The summed E-state index contributed by atoms with van der Waals surface area (Å²) in [6.45, 7) is 5.60. The zero-order valence-corrected chi connectivity index (χ0v) is 12.5. The van der Waals surface area contributed by atoms with Crippen molar-refractivity contribution >= 4 is 5.91 Å². The molecular formula is C17H24N2O. The van der Waals surface area contributed by atoms with Crippen LogP contribution in [0.25, 0.3) is 0 Å². The molecule has 1 aliphatic heterocycles. The summed E-state index contributed by atoms with van der Waals surface area (Å²) in [7, 11) is 0. The van der Waals surface area contributed by atoms with Crippen molar-refractivity contribution in [1.82, 2.24) is 10.2 Å². The first-order chi connectivity index (χ1) is 9.65. The first-order valence-electron chi connectivity index (χ1n) is 7.75. The normalized spacial score (nSPS) is 22.6. The lowest BCUT2D eigenvalue weighted by Crippen LogP contribution is -2.31. The second kappa shape index (κ2) is 5.57. The zero-order chi connectivity index (χ0) is 14.1. The molecule has 0 radical (unpaired) electrons. The lowest BCUT2D eigenvalue weighted by Gasteiger charge is -2.26. The number of rotatable bonds is 5. The van der Waals surface area contributed by atoms with E-state index in [1.165, 1.54) is 36.0 Å². The van der Waals surface area contributed by atoms with Crippen LogP contribution >= 0.6 is 0 Å². The molecule has 1 unspecified atom stereocenters. The van der Waals surface area contributed by atoms with Gasteiger partial charge in [-0.1, -0.05) is 36.6 Å². The lowest BCUT2D eigenvalue weighted by molar-refractivity contribution is -0.128. The molecule has 1 atom stereocenters. The van der Waals surface area contributed by atoms with Crippen LogP contribution in [-0.4, -0.2) is 23.9 Å². The lowest BCUT2D eigenvalue weighted by atomic mass is 10.0. The maximum atomic E-state index is 12.1. The van der Waals surface area contributed by atoms with E-state index in [0.717, 1.165) is 18.9 Å². The van der Waals surface area contributed by atoms with E-state index in [9.17, 15) is 4.79 Å². The minimum Gasteiger partial charge on any atom is -0.322 e. The fourth-order valence-corrected chi connectivity index (χ4v) is 3.08. The van der Waals surface area contributed by atoms with E-state index in [4.69, 9.17) is 0 Å². The van der Waals surface area contributed by atoms with Gasteiger partial charge in [-0.25, -0.2) is 0 Å². The molecule has 1 N–H and O–H groups in total. The van der Waals surface area contributed by atoms with Crippen LogP contribution in [0.4, 0.5) is 0 Å². The molecule has 0 bridgehead atoms. The fraction of sp³-hybridized carbons (Fsp3) is 0.588. The van der Waals surface area contributed by atoms with Gasteiger partial charge in [-0.2, -0.15) is 0 Å². The van der Waals surface area contributed by atoms with E-state index in [0.29, 0.717) is 6.54 Å². The van der Waals surface area contributed by atoms with Gasteiger partial charge in [-0.3, -0.25) is 10.1 Å². The number of nitrogens with zero attached hydrogens (tertiary/aromatic N) is 1. The van der Waals surface area contributed by atoms with Gasteiger partial charge in [0.2, 0.25) is 5.91 Å². The predicted molar refractivity (Wildman–Crippen MR) is 80.3 cm³/mol. The fourth-order valence-electron chi connectivity index (χ4n) is 3.08. The summed E-state index contributed by atoms with van der Waals surface area (Å²) in [4.78, 5) is 14.1. The molecular weight excluding hydrogens is 248 g/mol. The molecule has 20 heavy (non-hydrogen) atoms. The second-order valence-electron chi connectivity index (χ2n) is 6.32. The number of nitrogens with one attached hydrogen (secondary N) is 1. The Hall–Kier alpha value is -1.35. The highest BCUT2D eigenvalue weighted by atomic mass is 16.2. The Balaban J connectivity index is 1.72. The highest BCUT2D eigenvalue weighted by Crippen LogP contribution is 2.34. The van der Waals surface area contributed by atoms with Crippen molar-refractivity contribution < 1.29 is 4.79 Å². The summed E-state index contributed by atoms with van der Waals surface area (Å²) in [5, 5.41) is 3.37. The van der Waals surface area contributed by atoms with Crippen molar-refractivity contribution in [2.45, 2.75) is 45.7 Å². The van der Waals surface area contributed by atoms with Crippen molar-refractivity contribution in [3.63, 3.8) is 0 Å². The Labute approximate surface area is 121 Å². The minimum atomic E-state index is 0.0709. The molecule has 0 aromatic heterocycles. The maximum absolute atomic E-state index is 12.1. The van der Waals surface area contributed by atoms with E-state index < -0.39 is 0 Å². The van der Waals surface area contributed by atoms with E-state index in [2.05, 4.69) is 37.4 Å². The van der Waals surface area contributed by atoms with Crippen LogP contribution in [0.1, 0.15) is 48.5 Å². The molecule has 2 fully saturated rings. The topological polar surface area (TPSA) is 32.3 Å². The SMILES string of the molecule is Cc1ccc(C)c(C2NCC(=O)N2CCCC2CC2)c1. The van der Waals surface area contributed by atoms with Gasteiger partial charge in [0.15, 0.2) is 0 Å². The Bertz CT molecular complexity index is 508. The third kappa shape index (κ3) is 2.88. The molecule has 3 heteroatoms. The van der Waals surface area contributed by atoms with Gasteiger partial charge < -0.3 is 4.90 Å². The summed E-state index contributed by atoms with van der Waals surface area (Å²) in [5.74, 6) is 1.19. The Morgan fingerprint density at radius 1 is 1.30 bits per heavy atom. The Morgan fingerprint density at radius 2 is 2.10 bits per heavy atom. The molecule has 1 aromatic rings. The van der Waals surface area contributed by atoms with Crippen molar-refractivity contribution in [1.29, 1.82) is 0 Å². The van der Waals surface area contributed by atoms with Gasteiger partial charge in [-0.15, -0.1) is 0 Å². The van der Waals surface area contributed by atoms with Crippen molar-refractivity contribution in [2.24, 2.45) is 5.92 Å². The number of hydrogen-bond acceptors (Lipinski definition) is 2. The molecule has 3 nitrogen and oxygen atoms in total. The van der Waals surface area contributed by atoms with Gasteiger partial charge in [0.1, 0.15) is 6.17 Å². The van der Waals surface area contributed by atoms with Crippen molar-refractivity contribution in [2.75, 3.05) is 13.1 Å². The van der Waals surface area contributed by atoms with Crippen LogP contribution < -0.4 is 5.32 Å². The number of carbonyl (C=O) groups excluding carboxylic acids is 1. The summed E-state index contributed by atoms with van der Waals surface area (Å²) >= 11 is 0. The summed E-state index contributed by atoms with van der Waals surface area (Å²) in [6.07, 6.45) is 5.28. The first-order valence-corrected chi connectivity index (χ1v) is 7.75. The molecule has 1 aromatic carbocycles. The van der Waals surface area contributed by atoms with Crippen LogP contribution in [0.15, 0.2) is 18.2 Å². The van der Waals surface area contributed by atoms with E-state index in [-0.39, 0.29) is 12.1 Å². The average molecular weight is 272 g/mol. The van der Waals surface area contributed by atoms with Gasteiger partial charge in [0.05, 0.1) is 6.54 Å². The van der Waals surface area contributed by atoms with Crippen LogP contribution in [-0.2, 0) is 4.79 Å². The summed E-state index contributed by atoms with van der Waals surface area (Å²) in [6, 6.07) is 6.49. The smallest absolute Gasteiger partial charge is 0.238 e. The maximum Gasteiger partial charge on any atom is 0.238 e. The summed E-state index contributed by atoms with van der Waals surface area (Å²) in [5.41, 5.74) is 3.77. The van der Waals surface area contributed by atoms with Gasteiger partial charge in [0, 0.05) is 6.54 Å². The quantitative estimate of drug-likeness (QED) is 0.894.